The molecule has 0 bridgehead atoms. The van der Waals surface area contributed by atoms with E-state index in [9.17, 15) is 0 Å². The van der Waals surface area contributed by atoms with E-state index in [0.717, 1.165) is 0 Å². The van der Waals surface area contributed by atoms with E-state index >= 15 is 0 Å². The van der Waals surface area contributed by atoms with Crippen LogP contribution in [0.4, 0.5) is 0 Å². The second-order valence-electron chi connectivity index (χ2n) is 17.3. The van der Waals surface area contributed by atoms with Crippen molar-refractivity contribution in [1.29, 1.82) is 0 Å². The third kappa shape index (κ3) is 44.8. The Morgan fingerprint density at radius 3 is 0.717 bits per heavy atom. The van der Waals surface area contributed by atoms with Crippen LogP contribution in [0.3, 0.4) is 0 Å². The summed E-state index contributed by atoms with van der Waals surface area (Å²) < 4.78 is 13.1. The summed E-state index contributed by atoms with van der Waals surface area (Å²) in [6.07, 6.45) is 57.3. The fourth-order valence-corrected chi connectivity index (χ4v) is 44.7. The van der Waals surface area contributed by atoms with Gasteiger partial charge in [0.15, 0.2) is 0 Å². The Morgan fingerprint density at radius 1 is 0.302 bits per heavy atom. The topological polar surface area (TPSA) is 40.7 Å². The van der Waals surface area contributed by atoms with Crippen molar-refractivity contribution in [3.05, 3.63) is 0 Å². The maximum absolute atomic E-state index is 7.86. The van der Waals surface area contributed by atoms with E-state index in [-0.39, 0.29) is 5.48 Å². The van der Waals surface area contributed by atoms with Gasteiger partial charge in [-0.25, -0.2) is 0 Å². The van der Waals surface area contributed by atoms with Crippen molar-refractivity contribution in [3.63, 3.8) is 0 Å². The van der Waals surface area contributed by atoms with E-state index in [1.165, 1.54) is 275 Å². The quantitative estimate of drug-likeness (QED) is 0.0443. The predicted octanol–water partition coefficient (Wildman–Crippen LogP) is 18.5. The normalized spacial score (nSPS) is 11.9. The molecule has 0 fully saturated rings. The third-order valence-electron chi connectivity index (χ3n) is 11.8. The van der Waals surface area contributed by atoms with Crippen molar-refractivity contribution in [3.8, 4) is 0 Å². The van der Waals surface area contributed by atoms with E-state index in [1.54, 1.807) is 0 Å². The molecule has 53 heavy (non-hydrogen) atoms. The number of hydrogen-bond donors (Lipinski definition) is 0. The minimum Gasteiger partial charge on any atom is -0.412 e. The first-order valence-corrected chi connectivity index (χ1v) is 38.9. The van der Waals surface area contributed by atoms with E-state index in [0.29, 0.717) is 0 Å². The van der Waals surface area contributed by atoms with Crippen LogP contribution < -0.4 is 0 Å². The summed E-state index contributed by atoms with van der Waals surface area (Å²) in [6.45, 7) is 9.30. The second-order valence-corrected chi connectivity index (χ2v) is 40.2. The summed E-state index contributed by atoms with van der Waals surface area (Å²) in [5.74, 6) is 0. The number of hydrogen-bond acceptors (Lipinski definition) is 1. The fourth-order valence-electron chi connectivity index (χ4n) is 8.08. The standard InChI is InChI=1S/4C12H25.ClH.H2O.O.2Sn/c4*1-3-5-7-9-11-12-10-8-6-4-2;;;;;/h4*1,3-12H2,2H3;1H;1H2;;;/q;;;;;;;;+1/p-1. The predicted molar refractivity (Wildman–Crippen MR) is 249 cm³/mol. The third-order valence-corrected chi connectivity index (χ3v) is 43.6. The minimum absolute atomic E-state index is 0. The smallest absolute Gasteiger partial charge is 0.412 e. The van der Waals surface area contributed by atoms with Crippen molar-refractivity contribution in [2.24, 2.45) is 0 Å². The van der Waals surface area contributed by atoms with Crippen molar-refractivity contribution < 1.29 is 6.89 Å². The molecule has 2 N–H and O–H groups in total. The Bertz CT molecular complexity index is 603. The molecule has 0 aliphatic heterocycles. The van der Waals surface area contributed by atoms with Crippen LogP contribution in [-0.2, 0) is 1.41 Å². The summed E-state index contributed by atoms with van der Waals surface area (Å²) in [5, 5.41) is 0. The molecule has 321 valence electrons. The number of rotatable bonds is 46. The van der Waals surface area contributed by atoms with Crippen molar-refractivity contribution in [2.75, 3.05) is 0 Å². The summed E-state index contributed by atoms with van der Waals surface area (Å²) in [7, 11) is 7.86. The maximum atomic E-state index is 7.86. The molecule has 0 saturated carbocycles. The summed E-state index contributed by atoms with van der Waals surface area (Å²) in [5.41, 5.74) is 0. The molecular weight excluding hydrogens is 881 g/mol. The van der Waals surface area contributed by atoms with Crippen LogP contribution in [-0.4, -0.2) is 43.3 Å². The van der Waals surface area contributed by atoms with Gasteiger partial charge in [0.2, 0.25) is 0 Å². The van der Waals surface area contributed by atoms with E-state index in [2.05, 4.69) is 27.7 Å². The Balaban J connectivity index is 0. The van der Waals surface area contributed by atoms with Crippen LogP contribution in [0.15, 0.2) is 0 Å². The monoisotopic (exact) mass is 986 g/mol. The summed E-state index contributed by atoms with van der Waals surface area (Å²) >= 11 is -4.95. The van der Waals surface area contributed by atoms with Crippen LogP contribution in [0.25, 0.3) is 0 Å². The number of halogens is 1. The Morgan fingerprint density at radius 2 is 0.491 bits per heavy atom. The molecule has 0 amide bonds. The van der Waals surface area contributed by atoms with Crippen molar-refractivity contribution >= 4 is 46.8 Å². The number of unbranched alkanes of at least 4 members (excludes halogenated alkanes) is 36. The Kier molecular flexibility index (Phi) is 51.7. The van der Waals surface area contributed by atoms with Gasteiger partial charge in [-0.2, -0.15) is 0 Å². The zero-order valence-electron chi connectivity index (χ0n) is 37.4. The molecule has 0 unspecified atom stereocenters. The average Bonchev–Trinajstić information content (AvgIpc) is 3.14. The van der Waals surface area contributed by atoms with Crippen LogP contribution in [0, 0.1) is 0 Å². The molecule has 0 rings (SSSR count). The van der Waals surface area contributed by atoms with Gasteiger partial charge < -0.3 is 5.48 Å². The van der Waals surface area contributed by atoms with Crippen LogP contribution in [0.5, 0.6) is 0 Å². The Hall–Kier alpha value is 1.81. The minimum atomic E-state index is -3.04. The molecule has 0 saturated heterocycles. The van der Waals surface area contributed by atoms with Crippen LogP contribution in [0.1, 0.15) is 285 Å². The Labute approximate surface area is 353 Å². The molecule has 0 spiro atoms. The molecule has 0 heterocycles. The SMILES string of the molecule is CCCCCCCCCCC[CH2][Sn]([CH2]CCCCCCCCCCC)[O][Sn]([Cl])([CH2]CCCCCCCCCCC)[CH2]CCCCCCCCCCC.O. The zero-order chi connectivity index (χ0) is 37.9. The van der Waals surface area contributed by atoms with Gasteiger partial charge in [-0.05, 0) is 0 Å². The van der Waals surface area contributed by atoms with E-state index < -0.39 is 37.8 Å². The molecule has 1 radical (unpaired) electrons. The zero-order valence-corrected chi connectivity index (χ0v) is 43.9. The summed E-state index contributed by atoms with van der Waals surface area (Å²) in [6, 6.07) is 0. The molecule has 0 atom stereocenters. The first kappa shape index (κ1) is 56.9. The average molecular weight is 984 g/mol. The van der Waals surface area contributed by atoms with Crippen molar-refractivity contribution in [2.45, 2.75) is 302 Å². The van der Waals surface area contributed by atoms with E-state index in [4.69, 9.17) is 10.3 Å². The van der Waals surface area contributed by atoms with Gasteiger partial charge >= 0.3 is 350 Å². The fraction of sp³-hybridized carbons (Fsp3) is 1.00. The second kappa shape index (κ2) is 48.2. The van der Waals surface area contributed by atoms with Gasteiger partial charge in [0, 0.05) is 0 Å². The van der Waals surface area contributed by atoms with Gasteiger partial charge in [-0.3, -0.25) is 0 Å². The van der Waals surface area contributed by atoms with Gasteiger partial charge in [0.1, 0.15) is 0 Å². The molecule has 0 aliphatic rings. The van der Waals surface area contributed by atoms with Crippen LogP contribution >= 0.6 is 8.92 Å². The molecule has 0 aliphatic carbocycles. The summed E-state index contributed by atoms with van der Waals surface area (Å²) in [4.78, 5) is 0. The van der Waals surface area contributed by atoms with Crippen LogP contribution in [0.2, 0.25) is 17.7 Å². The molecular formula is C48H102ClO2Sn2. The van der Waals surface area contributed by atoms with E-state index in [1.807, 2.05) is 0 Å². The molecule has 0 aromatic rings. The molecule has 5 heteroatoms. The molecule has 2 nitrogen and oxygen atoms in total. The first-order valence-electron chi connectivity index (χ1n) is 24.8. The van der Waals surface area contributed by atoms with Gasteiger partial charge in [0.05, 0.1) is 0 Å². The molecule has 0 aromatic heterocycles. The van der Waals surface area contributed by atoms with Gasteiger partial charge in [0.25, 0.3) is 0 Å². The van der Waals surface area contributed by atoms with Gasteiger partial charge in [-0.1, -0.05) is 0 Å². The molecule has 0 aromatic carbocycles. The first-order chi connectivity index (χ1) is 25.6. The van der Waals surface area contributed by atoms with Crippen molar-refractivity contribution in [1.82, 2.24) is 0 Å². The van der Waals surface area contributed by atoms with Gasteiger partial charge in [-0.15, -0.1) is 0 Å².